The van der Waals surface area contributed by atoms with Crippen LogP contribution in [0, 0.1) is 5.82 Å². The van der Waals surface area contributed by atoms with Gasteiger partial charge in [0, 0.05) is 36.9 Å². The van der Waals surface area contributed by atoms with Crippen LogP contribution in [0.5, 0.6) is 0 Å². The zero-order valence-corrected chi connectivity index (χ0v) is 17.4. The Hall–Kier alpha value is -2.91. The van der Waals surface area contributed by atoms with Crippen LogP contribution in [0.25, 0.3) is 5.57 Å². The van der Waals surface area contributed by atoms with Crippen LogP contribution in [0.15, 0.2) is 48.5 Å². The van der Waals surface area contributed by atoms with Gasteiger partial charge in [0.15, 0.2) is 0 Å². The first-order chi connectivity index (χ1) is 15.1. The van der Waals surface area contributed by atoms with Crippen molar-refractivity contribution in [2.75, 3.05) is 18.4 Å². The molecule has 0 aromatic heterocycles. The molecule has 2 aromatic rings. The second-order valence-corrected chi connectivity index (χ2v) is 8.27. The molecule has 0 saturated carbocycles. The van der Waals surface area contributed by atoms with Gasteiger partial charge in [0.05, 0.1) is 0 Å². The number of halogens is 4. The molecule has 170 valence electrons. The molecule has 1 saturated heterocycles. The van der Waals surface area contributed by atoms with Gasteiger partial charge in [-0.3, -0.25) is 9.69 Å². The SMILES string of the molecule is C[C@@H]1CNC(C(F)(F)F)CN1Cc1ccc2c(c1)NC(C(N)=O)C=C2c1ccc(F)cc1. The number of rotatable bonds is 4. The largest absolute Gasteiger partial charge is 0.405 e. The van der Waals surface area contributed by atoms with Gasteiger partial charge in [-0.05, 0) is 47.9 Å². The summed E-state index contributed by atoms with van der Waals surface area (Å²) in [7, 11) is 0. The molecule has 1 amide bonds. The lowest BCUT2D eigenvalue weighted by molar-refractivity contribution is -0.168. The van der Waals surface area contributed by atoms with Crippen LogP contribution in [0.1, 0.15) is 23.6 Å². The summed E-state index contributed by atoms with van der Waals surface area (Å²) >= 11 is 0. The number of hydrogen-bond donors (Lipinski definition) is 3. The number of hydrogen-bond acceptors (Lipinski definition) is 4. The van der Waals surface area contributed by atoms with Crippen LogP contribution in [-0.4, -0.2) is 48.2 Å². The molecule has 0 aliphatic carbocycles. The maximum absolute atomic E-state index is 13.4. The molecule has 5 nitrogen and oxygen atoms in total. The lowest BCUT2D eigenvalue weighted by Crippen LogP contribution is -2.60. The summed E-state index contributed by atoms with van der Waals surface area (Å²) in [5.41, 5.74) is 9.27. The fourth-order valence-corrected chi connectivity index (χ4v) is 4.14. The molecular weight excluding hydrogens is 424 g/mol. The highest BCUT2D eigenvalue weighted by molar-refractivity contribution is 5.96. The van der Waals surface area contributed by atoms with Crippen LogP contribution in [-0.2, 0) is 11.3 Å². The number of benzene rings is 2. The molecule has 2 heterocycles. The second kappa shape index (κ2) is 8.55. The van der Waals surface area contributed by atoms with Gasteiger partial charge in [-0.25, -0.2) is 4.39 Å². The molecule has 0 radical (unpaired) electrons. The molecule has 3 atom stereocenters. The van der Waals surface area contributed by atoms with Crippen LogP contribution in [0.3, 0.4) is 0 Å². The van der Waals surface area contributed by atoms with Crippen molar-refractivity contribution in [3.63, 3.8) is 0 Å². The van der Waals surface area contributed by atoms with Gasteiger partial charge in [-0.1, -0.05) is 24.3 Å². The molecule has 4 N–H and O–H groups in total. The van der Waals surface area contributed by atoms with Crippen molar-refractivity contribution in [2.24, 2.45) is 5.73 Å². The monoisotopic (exact) mass is 448 g/mol. The second-order valence-electron chi connectivity index (χ2n) is 8.27. The number of carbonyl (C=O) groups is 1. The number of nitrogens with zero attached hydrogens (tertiary/aromatic N) is 1. The Bertz CT molecular complexity index is 1040. The number of amides is 1. The Morgan fingerprint density at radius 2 is 1.91 bits per heavy atom. The van der Waals surface area contributed by atoms with E-state index in [1.807, 2.05) is 25.1 Å². The molecule has 0 spiro atoms. The van der Waals surface area contributed by atoms with Crippen molar-refractivity contribution < 1.29 is 22.4 Å². The fraction of sp³-hybridized carbons (Fsp3) is 0.348. The van der Waals surface area contributed by atoms with E-state index < -0.39 is 24.2 Å². The first-order valence-electron chi connectivity index (χ1n) is 10.3. The predicted octanol–water partition coefficient (Wildman–Crippen LogP) is 3.26. The molecule has 2 aliphatic heterocycles. The quantitative estimate of drug-likeness (QED) is 0.628. The summed E-state index contributed by atoms with van der Waals surface area (Å²) < 4.78 is 52.9. The van der Waals surface area contributed by atoms with Crippen LogP contribution in [0.2, 0.25) is 0 Å². The lowest BCUT2D eigenvalue weighted by atomic mass is 9.90. The van der Waals surface area contributed by atoms with Crippen molar-refractivity contribution in [3.8, 4) is 0 Å². The topological polar surface area (TPSA) is 70.4 Å². The summed E-state index contributed by atoms with van der Waals surface area (Å²) in [6.07, 6.45) is -2.61. The van der Waals surface area contributed by atoms with E-state index in [0.29, 0.717) is 12.2 Å². The van der Waals surface area contributed by atoms with E-state index in [-0.39, 0.29) is 24.9 Å². The first-order valence-corrected chi connectivity index (χ1v) is 10.3. The van der Waals surface area contributed by atoms with Crippen LogP contribution in [0.4, 0.5) is 23.2 Å². The van der Waals surface area contributed by atoms with E-state index in [1.165, 1.54) is 12.1 Å². The maximum atomic E-state index is 13.4. The highest BCUT2D eigenvalue weighted by Crippen LogP contribution is 2.35. The van der Waals surface area contributed by atoms with E-state index in [9.17, 15) is 22.4 Å². The third kappa shape index (κ3) is 4.63. The van der Waals surface area contributed by atoms with E-state index in [4.69, 9.17) is 5.73 Å². The first kappa shape index (κ1) is 22.3. The van der Waals surface area contributed by atoms with Gasteiger partial charge < -0.3 is 16.4 Å². The van der Waals surface area contributed by atoms with Crippen LogP contribution >= 0.6 is 0 Å². The number of nitrogens with two attached hydrogens (primary N) is 1. The number of alkyl halides is 3. The molecular formula is C23H24F4N4O. The molecule has 32 heavy (non-hydrogen) atoms. The predicted molar refractivity (Wildman–Crippen MR) is 114 cm³/mol. The highest BCUT2D eigenvalue weighted by atomic mass is 19.4. The fourth-order valence-electron chi connectivity index (χ4n) is 4.14. The lowest BCUT2D eigenvalue weighted by Gasteiger charge is -2.39. The molecule has 2 aromatic carbocycles. The van der Waals surface area contributed by atoms with Crippen molar-refractivity contribution in [1.82, 2.24) is 10.2 Å². The standard InChI is InChI=1S/C23H24F4N4O/c1-13-10-29-21(23(25,26)27)12-31(13)11-14-2-7-17-18(15-3-5-16(24)6-4-15)9-20(22(28)32)30-19(17)8-14/h2-9,13,20-21,29-30H,10-12H2,1H3,(H2,28,32)/t13-,20?,21?/m1/s1. The molecule has 4 rings (SSSR count). The Labute approximate surface area is 183 Å². The number of piperazine rings is 1. The number of anilines is 1. The molecule has 9 heteroatoms. The summed E-state index contributed by atoms with van der Waals surface area (Å²) in [6.45, 7) is 2.32. The van der Waals surface area contributed by atoms with Crippen molar-refractivity contribution >= 4 is 17.2 Å². The summed E-state index contributed by atoms with van der Waals surface area (Å²) in [4.78, 5) is 13.7. The van der Waals surface area contributed by atoms with E-state index in [2.05, 4.69) is 10.6 Å². The number of fused-ring (bicyclic) bond motifs is 1. The van der Waals surface area contributed by atoms with Crippen LogP contribution < -0.4 is 16.4 Å². The minimum Gasteiger partial charge on any atom is -0.370 e. The minimum atomic E-state index is -4.31. The van der Waals surface area contributed by atoms with Crippen molar-refractivity contribution in [3.05, 3.63) is 71.0 Å². The Kier molecular flexibility index (Phi) is 5.96. The third-order valence-corrected chi connectivity index (χ3v) is 5.96. The zero-order valence-electron chi connectivity index (χ0n) is 17.4. The summed E-state index contributed by atoms with van der Waals surface area (Å²) in [5.74, 6) is -0.933. The summed E-state index contributed by atoms with van der Waals surface area (Å²) in [5, 5.41) is 5.65. The number of primary amides is 1. The highest BCUT2D eigenvalue weighted by Gasteiger charge is 2.43. The van der Waals surface area contributed by atoms with Gasteiger partial charge in [-0.15, -0.1) is 0 Å². The normalized spacial score (nSPS) is 23.8. The minimum absolute atomic E-state index is 0.0642. The van der Waals surface area contributed by atoms with Gasteiger partial charge in [0.1, 0.15) is 17.9 Å². The average molecular weight is 448 g/mol. The van der Waals surface area contributed by atoms with Crippen molar-refractivity contribution in [2.45, 2.75) is 37.8 Å². The van der Waals surface area contributed by atoms with Gasteiger partial charge in [0.2, 0.25) is 5.91 Å². The smallest absolute Gasteiger partial charge is 0.370 e. The molecule has 1 fully saturated rings. The zero-order chi connectivity index (χ0) is 23.0. The third-order valence-electron chi connectivity index (χ3n) is 5.96. The number of nitrogens with one attached hydrogen (secondary N) is 2. The Morgan fingerprint density at radius 1 is 1.19 bits per heavy atom. The van der Waals surface area contributed by atoms with Gasteiger partial charge in [0.25, 0.3) is 0 Å². The molecule has 2 aliphatic rings. The number of carbonyl (C=O) groups excluding carboxylic acids is 1. The van der Waals surface area contributed by atoms with Gasteiger partial charge >= 0.3 is 6.18 Å². The molecule has 0 bridgehead atoms. The summed E-state index contributed by atoms with van der Waals surface area (Å²) in [6, 6.07) is 9.10. The Balaban J connectivity index is 1.62. The maximum Gasteiger partial charge on any atom is 0.405 e. The average Bonchev–Trinajstić information content (AvgIpc) is 2.74. The molecule has 2 unspecified atom stereocenters. The van der Waals surface area contributed by atoms with E-state index in [0.717, 1.165) is 22.3 Å². The Morgan fingerprint density at radius 3 is 2.56 bits per heavy atom. The van der Waals surface area contributed by atoms with E-state index >= 15 is 0 Å². The van der Waals surface area contributed by atoms with Gasteiger partial charge in [-0.2, -0.15) is 13.2 Å². The van der Waals surface area contributed by atoms with E-state index in [1.54, 1.807) is 23.1 Å². The van der Waals surface area contributed by atoms with Crippen molar-refractivity contribution in [1.29, 1.82) is 0 Å².